The van der Waals surface area contributed by atoms with E-state index in [9.17, 15) is 22.8 Å². The van der Waals surface area contributed by atoms with Crippen LogP contribution in [-0.4, -0.2) is 26.1 Å². The summed E-state index contributed by atoms with van der Waals surface area (Å²) < 4.78 is 25.9. The van der Waals surface area contributed by atoms with E-state index < -0.39 is 21.8 Å². The lowest BCUT2D eigenvalue weighted by Gasteiger charge is -2.12. The van der Waals surface area contributed by atoms with Crippen molar-refractivity contribution in [1.29, 1.82) is 0 Å². The van der Waals surface area contributed by atoms with Gasteiger partial charge in [0.15, 0.2) is 0 Å². The molecule has 3 N–H and O–H groups in total. The van der Waals surface area contributed by atoms with Crippen LogP contribution in [0.5, 0.6) is 0 Å². The SMILES string of the molecule is CC(=O)NS(=O)(=O)c1ccc(NC(=O)c2ccc(C)c(NC(=O)c3ccccc3)c2)cc1. The molecule has 0 fully saturated rings. The predicted octanol–water partition coefficient (Wildman–Crippen LogP) is 3.32. The van der Waals surface area contributed by atoms with E-state index in [1.807, 2.05) is 17.7 Å². The van der Waals surface area contributed by atoms with E-state index in [1.54, 1.807) is 42.5 Å². The molecule has 0 radical (unpaired) electrons. The van der Waals surface area contributed by atoms with Crippen LogP contribution in [0.25, 0.3) is 0 Å². The molecule has 164 valence electrons. The van der Waals surface area contributed by atoms with Gasteiger partial charge in [0.05, 0.1) is 4.90 Å². The normalized spacial score (nSPS) is 10.8. The molecule has 3 rings (SSSR count). The fourth-order valence-electron chi connectivity index (χ4n) is 2.85. The molecular weight excluding hydrogens is 430 g/mol. The summed E-state index contributed by atoms with van der Waals surface area (Å²) in [5, 5.41) is 5.48. The van der Waals surface area contributed by atoms with E-state index in [2.05, 4.69) is 10.6 Å². The number of rotatable bonds is 6. The van der Waals surface area contributed by atoms with Gasteiger partial charge in [-0.3, -0.25) is 14.4 Å². The van der Waals surface area contributed by atoms with Crippen molar-refractivity contribution in [2.45, 2.75) is 18.7 Å². The lowest BCUT2D eigenvalue weighted by Crippen LogP contribution is -2.28. The topological polar surface area (TPSA) is 121 Å². The van der Waals surface area contributed by atoms with Gasteiger partial charge in [-0.05, 0) is 61.0 Å². The van der Waals surface area contributed by atoms with Crippen molar-refractivity contribution >= 4 is 39.1 Å². The van der Waals surface area contributed by atoms with Crippen molar-refractivity contribution in [3.63, 3.8) is 0 Å². The zero-order valence-electron chi connectivity index (χ0n) is 17.4. The van der Waals surface area contributed by atoms with Crippen LogP contribution >= 0.6 is 0 Å². The molecule has 0 aliphatic rings. The smallest absolute Gasteiger partial charge is 0.264 e. The van der Waals surface area contributed by atoms with Gasteiger partial charge in [0.1, 0.15) is 0 Å². The Morgan fingerprint density at radius 3 is 2.00 bits per heavy atom. The maximum atomic E-state index is 12.7. The molecule has 0 aliphatic carbocycles. The molecule has 32 heavy (non-hydrogen) atoms. The second kappa shape index (κ2) is 9.44. The van der Waals surface area contributed by atoms with Crippen LogP contribution in [-0.2, 0) is 14.8 Å². The second-order valence-electron chi connectivity index (χ2n) is 6.99. The Hall–Kier alpha value is -3.98. The fourth-order valence-corrected chi connectivity index (χ4v) is 3.84. The standard InChI is InChI=1S/C23H21N3O5S/c1-15-8-9-18(14-21(15)25-22(28)17-6-4-3-5-7-17)23(29)24-19-10-12-20(13-11-19)32(30,31)26-16(2)27/h3-14H,1-2H3,(H,24,29)(H,25,28)(H,26,27). The van der Waals surface area contributed by atoms with Crippen LogP contribution in [0.15, 0.2) is 77.7 Å². The molecule has 9 heteroatoms. The van der Waals surface area contributed by atoms with Gasteiger partial charge in [-0.1, -0.05) is 24.3 Å². The molecule has 0 bridgehead atoms. The highest BCUT2D eigenvalue weighted by atomic mass is 32.2. The molecule has 0 saturated carbocycles. The van der Waals surface area contributed by atoms with Gasteiger partial charge in [0.25, 0.3) is 21.8 Å². The fraction of sp³-hybridized carbons (Fsp3) is 0.0870. The molecular formula is C23H21N3O5S. The third-order valence-electron chi connectivity index (χ3n) is 4.48. The summed E-state index contributed by atoms with van der Waals surface area (Å²) in [6.07, 6.45) is 0. The zero-order valence-corrected chi connectivity index (χ0v) is 18.2. The number of anilines is 2. The van der Waals surface area contributed by atoms with E-state index in [4.69, 9.17) is 0 Å². The highest BCUT2D eigenvalue weighted by molar-refractivity contribution is 7.90. The molecule has 0 unspecified atom stereocenters. The number of nitrogens with one attached hydrogen (secondary N) is 3. The Bertz CT molecular complexity index is 1270. The summed E-state index contributed by atoms with van der Waals surface area (Å²) in [7, 11) is -3.95. The molecule has 0 aromatic heterocycles. The number of amides is 3. The second-order valence-corrected chi connectivity index (χ2v) is 8.67. The first-order chi connectivity index (χ1) is 15.2. The third-order valence-corrected chi connectivity index (χ3v) is 5.93. The van der Waals surface area contributed by atoms with Crippen LogP contribution in [0.1, 0.15) is 33.2 Å². The first kappa shape index (κ1) is 22.7. The number of hydrogen-bond donors (Lipinski definition) is 3. The lowest BCUT2D eigenvalue weighted by molar-refractivity contribution is -0.117. The van der Waals surface area contributed by atoms with Gasteiger partial charge in [-0.25, -0.2) is 13.1 Å². The monoisotopic (exact) mass is 451 g/mol. The predicted molar refractivity (Wildman–Crippen MR) is 121 cm³/mol. The van der Waals surface area contributed by atoms with Crippen molar-refractivity contribution < 1.29 is 22.8 Å². The van der Waals surface area contributed by atoms with Gasteiger partial charge in [-0.15, -0.1) is 0 Å². The molecule has 0 spiro atoms. The van der Waals surface area contributed by atoms with Crippen LogP contribution in [0.3, 0.4) is 0 Å². The van der Waals surface area contributed by atoms with Gasteiger partial charge < -0.3 is 10.6 Å². The van der Waals surface area contributed by atoms with Gasteiger partial charge in [-0.2, -0.15) is 0 Å². The maximum absolute atomic E-state index is 12.7. The summed E-state index contributed by atoms with van der Waals surface area (Å²) in [6, 6.07) is 19.0. The van der Waals surface area contributed by atoms with E-state index >= 15 is 0 Å². The van der Waals surface area contributed by atoms with Gasteiger partial charge in [0.2, 0.25) is 5.91 Å². The Morgan fingerprint density at radius 2 is 1.38 bits per heavy atom. The zero-order chi connectivity index (χ0) is 23.3. The van der Waals surface area contributed by atoms with Crippen molar-refractivity contribution in [3.8, 4) is 0 Å². The number of sulfonamides is 1. The minimum atomic E-state index is -3.95. The highest BCUT2D eigenvalue weighted by Gasteiger charge is 2.16. The third kappa shape index (κ3) is 5.58. The Kier molecular flexibility index (Phi) is 6.70. The van der Waals surface area contributed by atoms with Crippen LogP contribution < -0.4 is 15.4 Å². The molecule has 3 aromatic rings. The minimum absolute atomic E-state index is 0.105. The average molecular weight is 452 g/mol. The maximum Gasteiger partial charge on any atom is 0.264 e. The number of carbonyl (C=O) groups excluding carboxylic acids is 3. The highest BCUT2D eigenvalue weighted by Crippen LogP contribution is 2.20. The van der Waals surface area contributed by atoms with Crippen molar-refractivity contribution in [1.82, 2.24) is 4.72 Å². The summed E-state index contributed by atoms with van der Waals surface area (Å²) in [5.74, 6) is -1.42. The van der Waals surface area contributed by atoms with E-state index in [0.717, 1.165) is 12.5 Å². The number of aryl methyl sites for hydroxylation is 1. The molecule has 0 saturated heterocycles. The quantitative estimate of drug-likeness (QED) is 0.531. The minimum Gasteiger partial charge on any atom is -0.322 e. The van der Waals surface area contributed by atoms with Gasteiger partial charge in [0, 0.05) is 29.4 Å². The van der Waals surface area contributed by atoms with E-state index in [1.165, 1.54) is 24.3 Å². The van der Waals surface area contributed by atoms with Crippen LogP contribution in [0, 0.1) is 6.92 Å². The first-order valence-corrected chi connectivity index (χ1v) is 11.1. The number of carbonyl (C=O) groups is 3. The number of benzene rings is 3. The molecule has 0 aliphatic heterocycles. The molecule has 8 nitrogen and oxygen atoms in total. The Morgan fingerprint density at radius 1 is 0.750 bits per heavy atom. The molecule has 0 atom stereocenters. The summed E-state index contributed by atoms with van der Waals surface area (Å²) >= 11 is 0. The largest absolute Gasteiger partial charge is 0.322 e. The lowest BCUT2D eigenvalue weighted by atomic mass is 10.1. The molecule has 0 heterocycles. The van der Waals surface area contributed by atoms with E-state index in [-0.39, 0.29) is 10.8 Å². The molecule has 3 aromatic carbocycles. The Labute approximate surface area is 185 Å². The molecule has 3 amide bonds. The van der Waals surface area contributed by atoms with E-state index in [0.29, 0.717) is 22.5 Å². The average Bonchev–Trinajstić information content (AvgIpc) is 2.75. The van der Waals surface area contributed by atoms with Crippen LogP contribution in [0.4, 0.5) is 11.4 Å². The number of hydrogen-bond acceptors (Lipinski definition) is 5. The van der Waals surface area contributed by atoms with Crippen LogP contribution in [0.2, 0.25) is 0 Å². The van der Waals surface area contributed by atoms with Gasteiger partial charge >= 0.3 is 0 Å². The first-order valence-electron chi connectivity index (χ1n) is 9.57. The van der Waals surface area contributed by atoms with Crippen molar-refractivity contribution in [2.75, 3.05) is 10.6 Å². The van der Waals surface area contributed by atoms with Crippen molar-refractivity contribution in [2.24, 2.45) is 0 Å². The summed E-state index contributed by atoms with van der Waals surface area (Å²) in [4.78, 5) is 36.0. The summed E-state index contributed by atoms with van der Waals surface area (Å²) in [6.45, 7) is 2.92. The van der Waals surface area contributed by atoms with Crippen molar-refractivity contribution in [3.05, 3.63) is 89.5 Å². The summed E-state index contributed by atoms with van der Waals surface area (Å²) in [5.41, 5.74) is 2.47. The Balaban J connectivity index is 1.73.